The fraction of sp³-hybridized carbons (Fsp3) is 0.548. The Morgan fingerprint density at radius 2 is 1.82 bits per heavy atom. The fourth-order valence-electron chi connectivity index (χ4n) is 6.90. The summed E-state index contributed by atoms with van der Waals surface area (Å²) in [7, 11) is -1.93. The average molecular weight is 566 g/mol. The normalized spacial score (nSPS) is 25.6. The van der Waals surface area contributed by atoms with Gasteiger partial charge in [0.15, 0.2) is 0 Å². The molecule has 0 spiro atoms. The van der Waals surface area contributed by atoms with Crippen molar-refractivity contribution in [1.29, 1.82) is 5.26 Å². The first-order valence-electron chi connectivity index (χ1n) is 14.1. The molecule has 0 amide bonds. The van der Waals surface area contributed by atoms with Gasteiger partial charge in [-0.1, -0.05) is 38.1 Å². The van der Waals surface area contributed by atoms with Crippen molar-refractivity contribution in [3.8, 4) is 11.8 Å². The topological polar surface area (TPSA) is 99.9 Å². The molecule has 0 aromatic heterocycles. The van der Waals surface area contributed by atoms with Crippen LogP contribution in [0.15, 0.2) is 48.5 Å². The molecule has 1 heterocycles. The number of nitrogens with zero attached hydrogens (tertiary/aromatic N) is 3. The minimum atomic E-state index is -3.56. The summed E-state index contributed by atoms with van der Waals surface area (Å²) in [4.78, 5) is 15.2. The molecule has 3 atom stereocenters. The van der Waals surface area contributed by atoms with Crippen LogP contribution in [-0.2, 0) is 26.2 Å². The Morgan fingerprint density at radius 3 is 2.42 bits per heavy atom. The van der Waals surface area contributed by atoms with Crippen molar-refractivity contribution in [3.63, 3.8) is 0 Å². The van der Waals surface area contributed by atoms with Crippen LogP contribution in [-0.4, -0.2) is 69.0 Å². The molecule has 2 bridgehead atoms. The maximum absolute atomic E-state index is 13.6. The Morgan fingerprint density at radius 1 is 1.10 bits per heavy atom. The first-order chi connectivity index (χ1) is 19.1. The van der Waals surface area contributed by atoms with E-state index in [0.717, 1.165) is 23.3 Å². The summed E-state index contributed by atoms with van der Waals surface area (Å²) in [6, 6.07) is 17.3. The molecule has 2 saturated carbocycles. The van der Waals surface area contributed by atoms with Crippen LogP contribution in [0, 0.1) is 28.1 Å². The van der Waals surface area contributed by atoms with E-state index in [9.17, 15) is 13.2 Å². The Hall–Kier alpha value is -2.77. The third-order valence-corrected chi connectivity index (χ3v) is 11.7. The van der Waals surface area contributed by atoms with E-state index in [0.29, 0.717) is 63.7 Å². The van der Waals surface area contributed by atoms with Gasteiger partial charge in [-0.05, 0) is 59.6 Å². The van der Waals surface area contributed by atoms with Gasteiger partial charge in [-0.15, -0.1) is 0 Å². The van der Waals surface area contributed by atoms with Gasteiger partial charge < -0.3 is 9.47 Å². The highest BCUT2D eigenvalue weighted by Crippen LogP contribution is 2.64. The number of hydrogen-bond donors (Lipinski definition) is 0. The summed E-state index contributed by atoms with van der Waals surface area (Å²) in [5.74, 6) is 1.11. The van der Waals surface area contributed by atoms with Gasteiger partial charge in [-0.2, -0.15) is 9.57 Å². The number of carbonyl (C=O) groups excluding carboxylic acids is 1. The molecular formula is C31H39N3O5S. The number of Topliss-reactive ketones (excluding diaryl/α,β-unsaturated/α-hetero) is 1. The predicted molar refractivity (Wildman–Crippen MR) is 152 cm³/mol. The molecule has 2 aromatic carbocycles. The number of piperazine rings is 1. The number of methoxy groups -OCH3 is 1. The van der Waals surface area contributed by atoms with E-state index >= 15 is 0 Å². The Labute approximate surface area is 237 Å². The average Bonchev–Trinajstić information content (AvgIpc) is 3.30. The van der Waals surface area contributed by atoms with Crippen LogP contribution < -0.4 is 4.74 Å². The molecule has 0 N–H and O–H groups in total. The molecule has 1 unspecified atom stereocenters. The number of nitriles is 1. The van der Waals surface area contributed by atoms with Gasteiger partial charge in [-0.3, -0.25) is 9.69 Å². The summed E-state index contributed by atoms with van der Waals surface area (Å²) in [6.07, 6.45) is 1.89. The van der Waals surface area contributed by atoms with Gasteiger partial charge in [0.05, 0.1) is 37.2 Å². The Bertz CT molecular complexity index is 1380. The number of ketones is 1. The molecule has 3 fully saturated rings. The fourth-order valence-corrected chi connectivity index (χ4v) is 9.11. The van der Waals surface area contributed by atoms with Crippen molar-refractivity contribution in [1.82, 2.24) is 9.21 Å². The zero-order valence-electron chi connectivity index (χ0n) is 23.6. The van der Waals surface area contributed by atoms with Crippen molar-refractivity contribution in [3.05, 3.63) is 65.2 Å². The second-order valence-corrected chi connectivity index (χ2v) is 14.0. The van der Waals surface area contributed by atoms with E-state index in [4.69, 9.17) is 14.7 Å². The van der Waals surface area contributed by atoms with E-state index in [1.54, 1.807) is 23.5 Å². The summed E-state index contributed by atoms with van der Waals surface area (Å²) >= 11 is 0. The molecule has 2 aliphatic carbocycles. The first kappa shape index (κ1) is 28.7. The molecule has 3 aliphatic rings. The van der Waals surface area contributed by atoms with Gasteiger partial charge >= 0.3 is 0 Å². The monoisotopic (exact) mass is 565 g/mol. The van der Waals surface area contributed by atoms with Crippen molar-refractivity contribution >= 4 is 15.8 Å². The molecule has 5 rings (SSSR count). The summed E-state index contributed by atoms with van der Waals surface area (Å²) < 4.78 is 40.6. The van der Waals surface area contributed by atoms with Crippen molar-refractivity contribution in [2.45, 2.75) is 45.8 Å². The Kier molecular flexibility index (Phi) is 8.08. The number of rotatable bonds is 10. The largest absolute Gasteiger partial charge is 0.497 e. The highest BCUT2D eigenvalue weighted by Gasteiger charge is 2.65. The lowest BCUT2D eigenvalue weighted by molar-refractivity contribution is -0.128. The van der Waals surface area contributed by atoms with E-state index in [1.165, 1.54) is 0 Å². The van der Waals surface area contributed by atoms with Gasteiger partial charge in [0, 0.05) is 44.6 Å². The predicted octanol–water partition coefficient (Wildman–Crippen LogP) is 4.17. The van der Waals surface area contributed by atoms with Crippen LogP contribution >= 0.6 is 0 Å². The lowest BCUT2D eigenvalue weighted by Gasteiger charge is -2.40. The van der Waals surface area contributed by atoms with Crippen LogP contribution in [0.1, 0.15) is 55.9 Å². The highest BCUT2D eigenvalue weighted by atomic mass is 32.2. The zero-order valence-corrected chi connectivity index (χ0v) is 24.5. The third-order valence-electron chi connectivity index (χ3n) is 9.72. The lowest BCUT2D eigenvalue weighted by atomic mass is 9.70. The molecular weight excluding hydrogens is 526 g/mol. The molecule has 9 heteroatoms. The summed E-state index contributed by atoms with van der Waals surface area (Å²) in [5, 5.41) is 9.07. The summed E-state index contributed by atoms with van der Waals surface area (Å²) in [6.45, 7) is 7.14. The maximum atomic E-state index is 13.6. The molecule has 8 nitrogen and oxygen atoms in total. The Balaban J connectivity index is 1.24. The molecule has 1 saturated heterocycles. The quantitative estimate of drug-likeness (QED) is 0.426. The van der Waals surface area contributed by atoms with Crippen LogP contribution in [0.4, 0.5) is 0 Å². The van der Waals surface area contributed by atoms with E-state index in [1.807, 2.05) is 36.4 Å². The third kappa shape index (κ3) is 5.42. The first-order valence-corrected chi connectivity index (χ1v) is 15.7. The number of benzene rings is 2. The second kappa shape index (κ2) is 11.2. The SMILES string of the molecule is COc1cccc(C(CN2CCN(S(=O)(=O)C[C@@]34CC[C@@H](CC3=O)C4(C)C)CC2)OCc2ccc(C#N)cc2)c1. The number of sulfonamides is 1. The van der Waals surface area contributed by atoms with Gasteiger partial charge in [0.2, 0.25) is 10.0 Å². The van der Waals surface area contributed by atoms with E-state index < -0.39 is 15.4 Å². The zero-order chi connectivity index (χ0) is 28.5. The van der Waals surface area contributed by atoms with Gasteiger partial charge in [0.25, 0.3) is 0 Å². The number of hydrogen-bond acceptors (Lipinski definition) is 7. The van der Waals surface area contributed by atoms with Gasteiger partial charge in [0.1, 0.15) is 11.5 Å². The van der Waals surface area contributed by atoms with E-state index in [-0.39, 0.29) is 23.1 Å². The summed E-state index contributed by atoms with van der Waals surface area (Å²) in [5.41, 5.74) is 1.55. The van der Waals surface area contributed by atoms with Crippen LogP contribution in [0.25, 0.3) is 0 Å². The molecule has 2 aromatic rings. The van der Waals surface area contributed by atoms with Gasteiger partial charge in [-0.25, -0.2) is 8.42 Å². The highest BCUT2D eigenvalue weighted by molar-refractivity contribution is 7.89. The smallest absolute Gasteiger partial charge is 0.215 e. The minimum absolute atomic E-state index is 0.0670. The number of ether oxygens (including phenoxy) is 2. The van der Waals surface area contributed by atoms with Crippen molar-refractivity contribution < 1.29 is 22.7 Å². The number of fused-ring (bicyclic) bond motifs is 2. The van der Waals surface area contributed by atoms with Crippen LogP contribution in [0.2, 0.25) is 0 Å². The van der Waals surface area contributed by atoms with E-state index in [2.05, 4.69) is 24.8 Å². The minimum Gasteiger partial charge on any atom is -0.497 e. The molecule has 1 aliphatic heterocycles. The molecule has 0 radical (unpaired) electrons. The molecule has 40 heavy (non-hydrogen) atoms. The lowest BCUT2D eigenvalue weighted by Crippen LogP contribution is -2.53. The standard InChI is InChI=1S/C31H39N3O5S/c1-30(2)26-11-12-31(30,29(35)18-26)22-40(36,37)34-15-13-33(14-16-34)20-28(25-5-4-6-27(17-25)38-3)39-21-24-9-7-23(19-32)8-10-24/h4-10,17,26,28H,11-16,18,20-22H2,1-3H3/t26-,28?,31-/m0/s1. The van der Waals surface area contributed by atoms with Crippen molar-refractivity contribution in [2.75, 3.05) is 45.6 Å². The maximum Gasteiger partial charge on any atom is 0.215 e. The van der Waals surface area contributed by atoms with Crippen molar-refractivity contribution in [2.24, 2.45) is 16.7 Å². The van der Waals surface area contributed by atoms with Crippen LogP contribution in [0.5, 0.6) is 5.75 Å². The number of carbonyl (C=O) groups is 1. The van der Waals surface area contributed by atoms with Crippen LogP contribution in [0.3, 0.4) is 0 Å². The second-order valence-electron chi connectivity index (χ2n) is 12.0. The molecule has 214 valence electrons.